The van der Waals surface area contributed by atoms with Crippen molar-refractivity contribution >= 4 is 39.9 Å². The van der Waals surface area contributed by atoms with Crippen molar-refractivity contribution in [2.24, 2.45) is 5.41 Å². The molecule has 0 fully saturated rings. The highest BCUT2D eigenvalue weighted by Gasteiger charge is 2.38. The number of para-hydroxylation sites is 1. The average molecular weight is 504 g/mol. The lowest BCUT2D eigenvalue weighted by atomic mass is 9.81. The normalized spacial score (nSPS) is 19.9. The van der Waals surface area contributed by atoms with E-state index in [9.17, 15) is 9.00 Å². The molecule has 1 aliphatic rings. The van der Waals surface area contributed by atoms with Crippen LogP contribution in [0.15, 0.2) is 52.3 Å². The van der Waals surface area contributed by atoms with Crippen LogP contribution in [0.1, 0.15) is 52.9 Å². The largest absolute Gasteiger partial charge is 0.492 e. The molecule has 34 heavy (non-hydrogen) atoms. The first-order valence-electron chi connectivity index (χ1n) is 12.2. The Morgan fingerprint density at radius 2 is 1.94 bits per heavy atom. The van der Waals surface area contributed by atoms with Crippen molar-refractivity contribution in [2.75, 3.05) is 36.7 Å². The van der Waals surface area contributed by atoms with Gasteiger partial charge in [-0.25, -0.2) is 0 Å². The Morgan fingerprint density at radius 1 is 1.18 bits per heavy atom. The lowest BCUT2D eigenvalue weighted by Gasteiger charge is -2.36. The Morgan fingerprint density at radius 3 is 2.59 bits per heavy atom. The van der Waals surface area contributed by atoms with Gasteiger partial charge in [-0.15, -0.1) is 11.8 Å². The number of nitrogens with zero attached hydrogens (tertiary/aromatic N) is 1. The van der Waals surface area contributed by atoms with Crippen LogP contribution < -0.4 is 9.64 Å². The number of thioether (sulfide) groups is 1. The molecule has 2 aromatic carbocycles. The quantitative estimate of drug-likeness (QED) is 0.255. The summed E-state index contributed by atoms with van der Waals surface area (Å²) in [5.41, 5.74) is 2.07. The Kier molecular flexibility index (Phi) is 9.89. The molecule has 0 bridgehead atoms. The van der Waals surface area contributed by atoms with E-state index in [1.807, 2.05) is 18.4 Å². The molecular weight excluding hydrogens is 466 g/mol. The number of ether oxygens (including phenoxy) is 2. The van der Waals surface area contributed by atoms with Gasteiger partial charge in [0.25, 0.3) is 0 Å². The number of hydrogen-bond donors (Lipinski definition) is 0. The van der Waals surface area contributed by atoms with Crippen LogP contribution in [0.25, 0.3) is 0 Å². The smallest absolute Gasteiger partial charge is 0.309 e. The van der Waals surface area contributed by atoms with Gasteiger partial charge in [-0.05, 0) is 55.7 Å². The molecule has 3 rings (SSSR count). The summed E-state index contributed by atoms with van der Waals surface area (Å²) >= 11 is 1.60. The zero-order valence-electron chi connectivity index (χ0n) is 20.8. The van der Waals surface area contributed by atoms with Crippen LogP contribution in [-0.2, 0) is 20.3 Å². The summed E-state index contributed by atoms with van der Waals surface area (Å²) in [6, 6.07) is 14.4. The molecule has 5 nitrogen and oxygen atoms in total. The van der Waals surface area contributed by atoms with Crippen molar-refractivity contribution in [3.8, 4) is 5.75 Å². The standard InChI is InChI=1S/C27H37NO4S2/c1-5-8-15-27(6-2)19-28(21-12-10-9-11-13-21)22-17-24(33-4)23(18-25(22)34(30)20-27)32-16-14-26(29)31-7-3/h9-13,17-18H,5-8,14-16,19-20H2,1-4H3. The Balaban J connectivity index is 2.03. The molecule has 186 valence electrons. The number of carbonyl (C=O) groups is 1. The third-order valence-electron chi connectivity index (χ3n) is 6.46. The Labute approximate surface area is 211 Å². The summed E-state index contributed by atoms with van der Waals surface area (Å²) in [5.74, 6) is 1.04. The number of fused-ring (bicyclic) bond motifs is 1. The number of benzene rings is 2. The second kappa shape index (κ2) is 12.6. The molecule has 1 heterocycles. The monoisotopic (exact) mass is 503 g/mol. The van der Waals surface area contributed by atoms with Gasteiger partial charge >= 0.3 is 5.97 Å². The van der Waals surface area contributed by atoms with E-state index in [0.29, 0.717) is 18.1 Å². The molecule has 0 amide bonds. The second-order valence-corrected chi connectivity index (χ2v) is 11.0. The van der Waals surface area contributed by atoms with Crippen molar-refractivity contribution < 1.29 is 18.5 Å². The Hall–Kier alpha value is -1.99. The molecule has 0 aromatic heterocycles. The number of carbonyl (C=O) groups excluding carboxylic acids is 1. The lowest BCUT2D eigenvalue weighted by Crippen LogP contribution is -2.37. The van der Waals surface area contributed by atoms with E-state index in [1.165, 1.54) is 0 Å². The van der Waals surface area contributed by atoms with E-state index in [2.05, 4.69) is 49.1 Å². The fraction of sp³-hybridized carbons (Fsp3) is 0.519. The maximum absolute atomic E-state index is 13.8. The van der Waals surface area contributed by atoms with E-state index in [4.69, 9.17) is 9.47 Å². The first-order chi connectivity index (χ1) is 16.5. The third-order valence-corrected chi connectivity index (χ3v) is 8.91. The highest BCUT2D eigenvalue weighted by atomic mass is 32.2. The molecule has 0 saturated heterocycles. The molecule has 0 aliphatic carbocycles. The van der Waals surface area contributed by atoms with Gasteiger partial charge in [-0.2, -0.15) is 0 Å². The third kappa shape index (κ3) is 6.36. The highest BCUT2D eigenvalue weighted by molar-refractivity contribution is 7.98. The van der Waals surface area contributed by atoms with Gasteiger partial charge in [-0.1, -0.05) is 44.9 Å². The predicted octanol–water partition coefficient (Wildman–Crippen LogP) is 6.59. The van der Waals surface area contributed by atoms with Gasteiger partial charge in [0.05, 0.1) is 45.9 Å². The van der Waals surface area contributed by atoms with E-state index in [1.54, 1.807) is 18.7 Å². The maximum atomic E-state index is 13.8. The number of hydrogen-bond acceptors (Lipinski definition) is 6. The van der Waals surface area contributed by atoms with Crippen molar-refractivity contribution in [2.45, 2.75) is 62.7 Å². The average Bonchev–Trinajstić information content (AvgIpc) is 2.97. The number of unbranched alkanes of at least 4 members (excludes halogenated alkanes) is 1. The summed E-state index contributed by atoms with van der Waals surface area (Å²) in [7, 11) is -1.16. The molecule has 2 atom stereocenters. The highest BCUT2D eigenvalue weighted by Crippen LogP contribution is 2.46. The van der Waals surface area contributed by atoms with Crippen LogP contribution in [0, 0.1) is 5.41 Å². The molecule has 2 aromatic rings. The molecule has 0 saturated carbocycles. The zero-order chi connectivity index (χ0) is 24.6. The molecule has 0 N–H and O–H groups in total. The summed E-state index contributed by atoms with van der Waals surface area (Å²) in [6.07, 6.45) is 6.49. The van der Waals surface area contributed by atoms with E-state index < -0.39 is 10.8 Å². The minimum atomic E-state index is -1.16. The topological polar surface area (TPSA) is 55.8 Å². The van der Waals surface area contributed by atoms with Crippen LogP contribution in [0.5, 0.6) is 5.75 Å². The summed E-state index contributed by atoms with van der Waals surface area (Å²) in [6.45, 7) is 7.66. The predicted molar refractivity (Wildman–Crippen MR) is 142 cm³/mol. The zero-order valence-corrected chi connectivity index (χ0v) is 22.4. The summed E-state index contributed by atoms with van der Waals surface area (Å²) in [5, 5.41) is 0. The van der Waals surface area contributed by atoms with Crippen molar-refractivity contribution in [3.05, 3.63) is 42.5 Å². The van der Waals surface area contributed by atoms with Crippen LogP contribution in [0.3, 0.4) is 0 Å². The lowest BCUT2D eigenvalue weighted by molar-refractivity contribution is -0.143. The number of rotatable bonds is 11. The van der Waals surface area contributed by atoms with E-state index >= 15 is 0 Å². The van der Waals surface area contributed by atoms with Gasteiger partial charge < -0.3 is 14.4 Å². The molecule has 0 spiro atoms. The first-order valence-corrected chi connectivity index (χ1v) is 14.7. The van der Waals surface area contributed by atoms with E-state index in [0.717, 1.165) is 53.4 Å². The summed E-state index contributed by atoms with van der Waals surface area (Å²) < 4.78 is 24.8. The molecule has 2 unspecified atom stereocenters. The van der Waals surface area contributed by atoms with Crippen molar-refractivity contribution in [1.29, 1.82) is 0 Å². The van der Waals surface area contributed by atoms with Gasteiger partial charge in [-0.3, -0.25) is 9.00 Å². The van der Waals surface area contributed by atoms with Crippen LogP contribution in [0.4, 0.5) is 11.4 Å². The fourth-order valence-electron chi connectivity index (χ4n) is 4.43. The van der Waals surface area contributed by atoms with Gasteiger partial charge in [0.15, 0.2) is 0 Å². The van der Waals surface area contributed by atoms with Crippen molar-refractivity contribution in [1.82, 2.24) is 0 Å². The molecule has 7 heteroatoms. The maximum Gasteiger partial charge on any atom is 0.309 e. The van der Waals surface area contributed by atoms with Crippen molar-refractivity contribution in [3.63, 3.8) is 0 Å². The number of esters is 1. The molecule has 1 aliphatic heterocycles. The van der Waals surface area contributed by atoms with E-state index in [-0.39, 0.29) is 24.4 Å². The fourth-order valence-corrected chi connectivity index (χ4v) is 6.77. The molecular formula is C27H37NO4S2. The van der Waals surface area contributed by atoms with Crippen LogP contribution >= 0.6 is 11.8 Å². The minimum absolute atomic E-state index is 0.0276. The van der Waals surface area contributed by atoms with Gasteiger partial charge in [0.2, 0.25) is 0 Å². The second-order valence-electron chi connectivity index (χ2n) is 8.74. The van der Waals surface area contributed by atoms with Crippen LogP contribution in [0.2, 0.25) is 0 Å². The van der Waals surface area contributed by atoms with Gasteiger partial charge in [0, 0.05) is 18.0 Å². The summed E-state index contributed by atoms with van der Waals surface area (Å²) in [4.78, 5) is 15.9. The van der Waals surface area contributed by atoms with Crippen LogP contribution in [-0.4, -0.2) is 41.9 Å². The Bertz CT molecular complexity index is 982. The molecule has 0 radical (unpaired) electrons. The van der Waals surface area contributed by atoms with Gasteiger partial charge in [0.1, 0.15) is 5.75 Å². The SMILES string of the molecule is CCCCC1(CC)CN(c2ccccc2)c2cc(SC)c(OCCC(=O)OCC)cc2S(=O)C1. The number of anilines is 2. The first kappa shape index (κ1) is 26.6. The minimum Gasteiger partial charge on any atom is -0.492 e.